The third kappa shape index (κ3) is 3.43. The number of rotatable bonds is 5. The van der Waals surface area contributed by atoms with Crippen LogP contribution < -0.4 is 25.8 Å². The standard InChI is InChI=1S/C17H16N4O5S/c18-13(22)6-19-16(24)9-2-4-12-14(9)20-17(27-12)21-15(23)8-1-3-10-11(5-8)26-7-25-10/h1,3,5,9H,2,4,6-7H2,(H2,18,22)(H,19,24)(H,20,21,23). The molecule has 0 saturated carbocycles. The van der Waals surface area contributed by atoms with E-state index >= 15 is 0 Å². The van der Waals surface area contributed by atoms with Crippen LogP contribution in [0, 0.1) is 0 Å². The van der Waals surface area contributed by atoms with Crippen LogP contribution in [0.15, 0.2) is 18.2 Å². The van der Waals surface area contributed by atoms with E-state index in [1.165, 1.54) is 11.3 Å². The molecule has 140 valence electrons. The molecule has 4 rings (SSSR count). The largest absolute Gasteiger partial charge is 0.454 e. The number of hydrogen-bond donors (Lipinski definition) is 3. The molecule has 3 amide bonds. The van der Waals surface area contributed by atoms with Crippen LogP contribution >= 0.6 is 11.3 Å². The van der Waals surface area contributed by atoms with Crippen molar-refractivity contribution in [2.45, 2.75) is 18.8 Å². The molecule has 1 aliphatic carbocycles. The highest BCUT2D eigenvalue weighted by atomic mass is 32.1. The first-order valence-corrected chi connectivity index (χ1v) is 9.09. The Morgan fingerprint density at radius 3 is 2.89 bits per heavy atom. The third-order valence-corrected chi connectivity index (χ3v) is 5.37. The molecule has 0 fully saturated rings. The first-order valence-electron chi connectivity index (χ1n) is 8.28. The summed E-state index contributed by atoms with van der Waals surface area (Å²) in [5, 5.41) is 5.68. The van der Waals surface area contributed by atoms with Gasteiger partial charge >= 0.3 is 0 Å². The van der Waals surface area contributed by atoms with E-state index in [4.69, 9.17) is 15.2 Å². The molecule has 1 aromatic heterocycles. The Kier molecular flexibility index (Phi) is 4.40. The molecule has 2 aliphatic rings. The van der Waals surface area contributed by atoms with Gasteiger partial charge in [0.15, 0.2) is 16.6 Å². The van der Waals surface area contributed by atoms with Gasteiger partial charge in [-0.15, -0.1) is 11.3 Å². The topological polar surface area (TPSA) is 133 Å². The Bertz CT molecular complexity index is 941. The predicted octanol–water partition coefficient (Wildman–Crippen LogP) is 0.755. The number of hydrogen-bond acceptors (Lipinski definition) is 7. The number of fused-ring (bicyclic) bond motifs is 2. The van der Waals surface area contributed by atoms with Gasteiger partial charge in [-0.25, -0.2) is 4.98 Å². The zero-order chi connectivity index (χ0) is 19.0. The third-order valence-electron chi connectivity index (χ3n) is 4.33. The number of carbonyl (C=O) groups excluding carboxylic acids is 3. The number of amides is 3. The van der Waals surface area contributed by atoms with Crippen LogP contribution in [0.5, 0.6) is 11.5 Å². The van der Waals surface area contributed by atoms with Gasteiger partial charge in [0, 0.05) is 10.4 Å². The molecule has 0 saturated heterocycles. The molecular formula is C17H16N4O5S. The molecule has 10 heteroatoms. The van der Waals surface area contributed by atoms with Crippen molar-refractivity contribution in [3.63, 3.8) is 0 Å². The molecule has 2 aromatic rings. The van der Waals surface area contributed by atoms with Crippen molar-refractivity contribution in [3.05, 3.63) is 34.3 Å². The lowest BCUT2D eigenvalue weighted by molar-refractivity contribution is -0.125. The Morgan fingerprint density at radius 2 is 2.07 bits per heavy atom. The van der Waals surface area contributed by atoms with E-state index in [-0.39, 0.29) is 25.2 Å². The quantitative estimate of drug-likeness (QED) is 0.692. The van der Waals surface area contributed by atoms with Gasteiger partial charge in [-0.1, -0.05) is 0 Å². The van der Waals surface area contributed by atoms with E-state index in [1.54, 1.807) is 18.2 Å². The van der Waals surface area contributed by atoms with E-state index in [0.29, 0.717) is 40.7 Å². The highest BCUT2D eigenvalue weighted by molar-refractivity contribution is 7.16. The minimum Gasteiger partial charge on any atom is -0.454 e. The Labute approximate surface area is 157 Å². The summed E-state index contributed by atoms with van der Waals surface area (Å²) in [4.78, 5) is 40.9. The Morgan fingerprint density at radius 1 is 1.26 bits per heavy atom. The zero-order valence-electron chi connectivity index (χ0n) is 14.1. The summed E-state index contributed by atoms with van der Waals surface area (Å²) < 4.78 is 10.5. The van der Waals surface area contributed by atoms with E-state index in [0.717, 1.165) is 4.88 Å². The second-order valence-electron chi connectivity index (χ2n) is 6.12. The number of carbonyl (C=O) groups is 3. The van der Waals surface area contributed by atoms with Gasteiger partial charge in [-0.3, -0.25) is 19.7 Å². The fraction of sp³-hybridized carbons (Fsp3) is 0.294. The lowest BCUT2D eigenvalue weighted by Crippen LogP contribution is -2.36. The average Bonchev–Trinajstić information content (AvgIpc) is 3.33. The smallest absolute Gasteiger partial charge is 0.257 e. The van der Waals surface area contributed by atoms with E-state index in [1.807, 2.05) is 0 Å². The van der Waals surface area contributed by atoms with Gasteiger partial charge in [-0.05, 0) is 31.0 Å². The van der Waals surface area contributed by atoms with Gasteiger partial charge in [0.2, 0.25) is 18.6 Å². The first-order chi connectivity index (χ1) is 13.0. The molecule has 1 aliphatic heterocycles. The van der Waals surface area contributed by atoms with Crippen molar-refractivity contribution in [1.82, 2.24) is 10.3 Å². The number of aryl methyl sites for hydroxylation is 1. The average molecular weight is 388 g/mol. The number of primary amides is 1. The van der Waals surface area contributed by atoms with Gasteiger partial charge in [0.25, 0.3) is 5.91 Å². The van der Waals surface area contributed by atoms with Crippen LogP contribution in [-0.4, -0.2) is 36.0 Å². The predicted molar refractivity (Wildman–Crippen MR) is 95.9 cm³/mol. The molecule has 27 heavy (non-hydrogen) atoms. The molecule has 0 spiro atoms. The molecule has 1 atom stereocenters. The molecule has 9 nitrogen and oxygen atoms in total. The van der Waals surface area contributed by atoms with Crippen LogP contribution in [-0.2, 0) is 16.0 Å². The first kappa shape index (κ1) is 17.3. The van der Waals surface area contributed by atoms with Crippen LogP contribution in [0.2, 0.25) is 0 Å². The maximum absolute atomic E-state index is 12.5. The van der Waals surface area contributed by atoms with Crippen molar-refractivity contribution in [3.8, 4) is 11.5 Å². The van der Waals surface area contributed by atoms with Crippen LogP contribution in [0.25, 0.3) is 0 Å². The molecule has 4 N–H and O–H groups in total. The van der Waals surface area contributed by atoms with Crippen molar-refractivity contribution < 1.29 is 23.9 Å². The lowest BCUT2D eigenvalue weighted by atomic mass is 10.1. The fourth-order valence-corrected chi connectivity index (χ4v) is 4.07. The molecular weight excluding hydrogens is 372 g/mol. The molecule has 0 radical (unpaired) electrons. The van der Waals surface area contributed by atoms with Crippen LogP contribution in [0.1, 0.15) is 33.3 Å². The maximum atomic E-state index is 12.5. The Balaban J connectivity index is 1.45. The summed E-state index contributed by atoms with van der Waals surface area (Å²) in [5.74, 6) is -0.523. The van der Waals surface area contributed by atoms with E-state index < -0.39 is 11.8 Å². The summed E-state index contributed by atoms with van der Waals surface area (Å²) >= 11 is 1.35. The minimum absolute atomic E-state index is 0.138. The summed E-state index contributed by atoms with van der Waals surface area (Å²) in [7, 11) is 0. The Hall–Kier alpha value is -3.14. The highest BCUT2D eigenvalue weighted by Gasteiger charge is 2.33. The monoisotopic (exact) mass is 388 g/mol. The number of nitrogens with zero attached hydrogens (tertiary/aromatic N) is 1. The summed E-state index contributed by atoms with van der Waals surface area (Å²) in [6.07, 6.45) is 1.32. The number of ether oxygens (including phenoxy) is 2. The number of thiazole rings is 1. The van der Waals surface area contributed by atoms with E-state index in [9.17, 15) is 14.4 Å². The fourth-order valence-electron chi connectivity index (χ4n) is 3.04. The van der Waals surface area contributed by atoms with E-state index in [2.05, 4.69) is 15.6 Å². The van der Waals surface area contributed by atoms with Gasteiger partial charge in [-0.2, -0.15) is 0 Å². The van der Waals surface area contributed by atoms with Crippen molar-refractivity contribution >= 4 is 34.2 Å². The summed E-state index contributed by atoms with van der Waals surface area (Å²) in [6.45, 7) is -0.0681. The SMILES string of the molecule is NC(=O)CNC(=O)C1CCc2sc(NC(=O)c3ccc4c(c3)OCO4)nc21. The van der Waals surface area contributed by atoms with Crippen LogP contribution in [0.4, 0.5) is 5.13 Å². The summed E-state index contributed by atoms with van der Waals surface area (Å²) in [5.41, 5.74) is 6.11. The highest BCUT2D eigenvalue weighted by Crippen LogP contribution is 2.39. The molecule has 1 unspecified atom stereocenters. The maximum Gasteiger partial charge on any atom is 0.257 e. The van der Waals surface area contributed by atoms with Crippen molar-refractivity contribution in [2.75, 3.05) is 18.7 Å². The lowest BCUT2D eigenvalue weighted by Gasteiger charge is -2.09. The molecule has 0 bridgehead atoms. The number of aromatic nitrogens is 1. The summed E-state index contributed by atoms with van der Waals surface area (Å²) in [6, 6.07) is 4.93. The van der Waals surface area contributed by atoms with Gasteiger partial charge in [0.05, 0.1) is 18.2 Å². The molecule has 2 heterocycles. The minimum atomic E-state index is -0.600. The number of nitrogens with two attached hydrogens (primary N) is 1. The number of benzene rings is 1. The second-order valence-corrected chi connectivity index (χ2v) is 7.21. The normalized spacial score (nSPS) is 16.7. The molecule has 1 aromatic carbocycles. The van der Waals surface area contributed by atoms with Crippen LogP contribution in [0.3, 0.4) is 0 Å². The zero-order valence-corrected chi connectivity index (χ0v) is 14.9. The second kappa shape index (κ2) is 6.88. The number of anilines is 1. The van der Waals surface area contributed by atoms with Crippen molar-refractivity contribution in [2.24, 2.45) is 5.73 Å². The van der Waals surface area contributed by atoms with Gasteiger partial charge < -0.3 is 20.5 Å². The number of nitrogens with one attached hydrogen (secondary N) is 2. The van der Waals surface area contributed by atoms with Crippen molar-refractivity contribution in [1.29, 1.82) is 0 Å². The van der Waals surface area contributed by atoms with Gasteiger partial charge in [0.1, 0.15) is 0 Å².